The third kappa shape index (κ3) is 4.72. The zero-order valence-corrected chi connectivity index (χ0v) is 16.3. The highest BCUT2D eigenvalue weighted by atomic mass is 19.1. The van der Waals surface area contributed by atoms with E-state index in [-0.39, 0.29) is 42.1 Å². The van der Waals surface area contributed by atoms with Gasteiger partial charge in [0.05, 0.1) is 16.7 Å². The van der Waals surface area contributed by atoms with Crippen LogP contribution in [0.15, 0.2) is 60.7 Å². The number of nitrogens with zero attached hydrogens (tertiary/aromatic N) is 1. The second kappa shape index (κ2) is 8.70. The molecule has 0 unspecified atom stereocenters. The molecule has 31 heavy (non-hydrogen) atoms. The summed E-state index contributed by atoms with van der Waals surface area (Å²) < 4.78 is 24.5. The van der Waals surface area contributed by atoms with Gasteiger partial charge < -0.3 is 20.1 Å². The zero-order chi connectivity index (χ0) is 21.8. The van der Waals surface area contributed by atoms with E-state index in [1.807, 2.05) is 0 Å². The fraction of sp³-hybridized carbons (Fsp3) is 0.136. The van der Waals surface area contributed by atoms with E-state index in [0.29, 0.717) is 23.5 Å². The monoisotopic (exact) mass is 423 g/mol. The molecule has 0 aliphatic carbocycles. The lowest BCUT2D eigenvalue weighted by Gasteiger charge is -2.19. The number of nitro benzene ring substituents is 1. The van der Waals surface area contributed by atoms with Gasteiger partial charge in [-0.1, -0.05) is 30.3 Å². The molecule has 3 aromatic rings. The minimum absolute atomic E-state index is 0.110. The molecule has 0 saturated heterocycles. The fourth-order valence-corrected chi connectivity index (χ4v) is 3.09. The normalized spacial score (nSPS) is 12.4. The lowest BCUT2D eigenvalue weighted by atomic mass is 10.1. The maximum Gasteiger partial charge on any atom is 0.296 e. The van der Waals surface area contributed by atoms with Crippen molar-refractivity contribution in [1.82, 2.24) is 0 Å². The minimum atomic E-state index is -0.512. The molecule has 0 fully saturated rings. The van der Waals surface area contributed by atoms with Crippen LogP contribution in [-0.2, 0) is 17.9 Å². The van der Waals surface area contributed by atoms with Crippen molar-refractivity contribution in [2.45, 2.75) is 13.2 Å². The van der Waals surface area contributed by atoms with Crippen LogP contribution in [0.1, 0.15) is 11.1 Å². The average Bonchev–Trinajstić information content (AvgIpc) is 2.77. The number of halogens is 1. The lowest BCUT2D eigenvalue weighted by Crippen LogP contribution is -2.25. The van der Waals surface area contributed by atoms with Gasteiger partial charge in [-0.05, 0) is 29.8 Å². The van der Waals surface area contributed by atoms with Gasteiger partial charge >= 0.3 is 0 Å². The maximum absolute atomic E-state index is 13.7. The van der Waals surface area contributed by atoms with Crippen LogP contribution in [-0.4, -0.2) is 17.4 Å². The second-order valence-electron chi connectivity index (χ2n) is 6.84. The molecule has 2 N–H and O–H groups in total. The summed E-state index contributed by atoms with van der Waals surface area (Å²) in [7, 11) is 0. The minimum Gasteiger partial charge on any atom is -0.489 e. The number of rotatable bonds is 7. The van der Waals surface area contributed by atoms with E-state index in [0.717, 1.165) is 5.56 Å². The number of amides is 1. The Hall–Kier alpha value is -4.14. The smallest absolute Gasteiger partial charge is 0.296 e. The summed E-state index contributed by atoms with van der Waals surface area (Å²) in [5, 5.41) is 17.1. The van der Waals surface area contributed by atoms with E-state index < -0.39 is 4.92 Å². The Balaban J connectivity index is 1.42. The first kappa shape index (κ1) is 20.1. The van der Waals surface area contributed by atoms with E-state index in [2.05, 4.69) is 10.6 Å². The van der Waals surface area contributed by atoms with Crippen LogP contribution < -0.4 is 20.1 Å². The van der Waals surface area contributed by atoms with Gasteiger partial charge in [-0.15, -0.1) is 0 Å². The van der Waals surface area contributed by atoms with Gasteiger partial charge in [-0.25, -0.2) is 4.39 Å². The lowest BCUT2D eigenvalue weighted by molar-refractivity contribution is -0.384. The number of anilines is 2. The molecular weight excluding hydrogens is 405 g/mol. The molecule has 1 heterocycles. The fourth-order valence-electron chi connectivity index (χ4n) is 3.09. The molecule has 1 aliphatic rings. The molecule has 0 bridgehead atoms. The number of carbonyl (C=O) groups is 1. The summed E-state index contributed by atoms with van der Waals surface area (Å²) in [4.78, 5) is 22.4. The molecule has 1 amide bonds. The van der Waals surface area contributed by atoms with Crippen LogP contribution in [0.5, 0.6) is 11.5 Å². The molecule has 158 valence electrons. The van der Waals surface area contributed by atoms with Crippen molar-refractivity contribution in [3.8, 4) is 11.5 Å². The Morgan fingerprint density at radius 2 is 1.94 bits per heavy atom. The summed E-state index contributed by atoms with van der Waals surface area (Å²) >= 11 is 0. The number of nitro groups is 1. The molecule has 3 aromatic carbocycles. The first-order valence-corrected chi connectivity index (χ1v) is 9.44. The molecule has 4 rings (SSSR count). The van der Waals surface area contributed by atoms with Gasteiger partial charge in [0.25, 0.3) is 11.6 Å². The number of carbonyl (C=O) groups excluding carboxylic acids is 1. The molecule has 9 heteroatoms. The number of hydrogen-bond acceptors (Lipinski definition) is 6. The van der Waals surface area contributed by atoms with E-state index in [1.54, 1.807) is 42.5 Å². The zero-order valence-electron chi connectivity index (χ0n) is 16.3. The van der Waals surface area contributed by atoms with E-state index >= 15 is 0 Å². The van der Waals surface area contributed by atoms with Crippen LogP contribution in [0.2, 0.25) is 0 Å². The molecule has 0 saturated carbocycles. The number of nitrogens with one attached hydrogen (secondary N) is 2. The van der Waals surface area contributed by atoms with Gasteiger partial charge in [-0.3, -0.25) is 14.9 Å². The van der Waals surface area contributed by atoms with E-state index in [4.69, 9.17) is 9.47 Å². The number of fused-ring (bicyclic) bond motifs is 1. The highest BCUT2D eigenvalue weighted by molar-refractivity contribution is 5.96. The largest absolute Gasteiger partial charge is 0.489 e. The highest BCUT2D eigenvalue weighted by Crippen LogP contribution is 2.38. The summed E-state index contributed by atoms with van der Waals surface area (Å²) in [6, 6.07) is 16.3. The van der Waals surface area contributed by atoms with Gasteiger partial charge in [0.2, 0.25) is 0 Å². The van der Waals surface area contributed by atoms with Crippen LogP contribution in [0.3, 0.4) is 0 Å². The van der Waals surface area contributed by atoms with Crippen molar-refractivity contribution in [3.05, 3.63) is 87.7 Å². The predicted octanol–water partition coefficient (Wildman–Crippen LogP) is 4.26. The van der Waals surface area contributed by atoms with Gasteiger partial charge in [0.15, 0.2) is 12.4 Å². The Kier molecular flexibility index (Phi) is 5.65. The van der Waals surface area contributed by atoms with Gasteiger partial charge in [0, 0.05) is 12.1 Å². The molecule has 1 aliphatic heterocycles. The van der Waals surface area contributed by atoms with Crippen molar-refractivity contribution in [1.29, 1.82) is 0 Å². The van der Waals surface area contributed by atoms with Gasteiger partial charge in [-0.2, -0.15) is 0 Å². The molecule has 0 radical (unpaired) electrons. The van der Waals surface area contributed by atoms with Crippen LogP contribution >= 0.6 is 0 Å². The molecule has 0 spiro atoms. The second-order valence-corrected chi connectivity index (χ2v) is 6.84. The quantitative estimate of drug-likeness (QED) is 0.435. The van der Waals surface area contributed by atoms with Crippen molar-refractivity contribution < 1.29 is 23.6 Å². The van der Waals surface area contributed by atoms with Crippen molar-refractivity contribution in [2.75, 3.05) is 17.2 Å². The van der Waals surface area contributed by atoms with Crippen LogP contribution in [0.4, 0.5) is 21.5 Å². The molecule has 8 nitrogen and oxygen atoms in total. The van der Waals surface area contributed by atoms with Crippen molar-refractivity contribution in [3.63, 3.8) is 0 Å². The maximum atomic E-state index is 13.7. The third-order valence-electron chi connectivity index (χ3n) is 4.69. The topological polar surface area (TPSA) is 103 Å². The summed E-state index contributed by atoms with van der Waals surface area (Å²) in [5.41, 5.74) is 1.80. The third-order valence-corrected chi connectivity index (χ3v) is 4.69. The SMILES string of the molecule is O=C1COc2cc([N+](=O)[O-])c(NCc3ccc(OCc4ccccc4F)cc3)cc2N1. The predicted molar refractivity (Wildman–Crippen MR) is 112 cm³/mol. The Labute approximate surface area is 176 Å². The summed E-state index contributed by atoms with van der Waals surface area (Å²) in [6.45, 7) is 0.240. The Morgan fingerprint density at radius 3 is 2.68 bits per heavy atom. The highest BCUT2D eigenvalue weighted by Gasteiger charge is 2.23. The van der Waals surface area contributed by atoms with E-state index in [1.165, 1.54) is 18.2 Å². The first-order chi connectivity index (χ1) is 15.0. The Bertz CT molecular complexity index is 1130. The molecular formula is C22H18FN3O5. The molecule has 0 atom stereocenters. The molecule has 0 aromatic heterocycles. The summed E-state index contributed by atoms with van der Waals surface area (Å²) in [5.74, 6) is 0.189. The van der Waals surface area contributed by atoms with Crippen LogP contribution in [0, 0.1) is 15.9 Å². The standard InChI is InChI=1S/C22H18FN3O5/c23-17-4-2-1-3-15(17)12-30-16-7-5-14(6-8-16)11-24-18-9-19-21(10-20(18)26(28)29)31-13-22(27)25-19/h1-10,24H,11-13H2,(H,25,27). The van der Waals surface area contributed by atoms with Gasteiger partial charge in [0.1, 0.15) is 23.9 Å². The average molecular weight is 423 g/mol. The number of ether oxygens (including phenoxy) is 2. The Morgan fingerprint density at radius 1 is 1.16 bits per heavy atom. The van der Waals surface area contributed by atoms with Crippen molar-refractivity contribution in [2.24, 2.45) is 0 Å². The van der Waals surface area contributed by atoms with Crippen molar-refractivity contribution >= 4 is 23.0 Å². The number of hydrogen-bond donors (Lipinski definition) is 2. The van der Waals surface area contributed by atoms with E-state index in [9.17, 15) is 19.3 Å². The number of benzene rings is 3. The summed E-state index contributed by atoms with van der Waals surface area (Å²) in [6.07, 6.45) is 0. The first-order valence-electron chi connectivity index (χ1n) is 9.44. The van der Waals surface area contributed by atoms with Crippen LogP contribution in [0.25, 0.3) is 0 Å².